The molecule has 2 N–H and O–H groups in total. The van der Waals surface area contributed by atoms with E-state index in [0.29, 0.717) is 28.6 Å². The van der Waals surface area contributed by atoms with E-state index in [1.807, 2.05) is 32.0 Å². The van der Waals surface area contributed by atoms with Gasteiger partial charge in [-0.05, 0) is 56.5 Å². The molecule has 130 valence electrons. The van der Waals surface area contributed by atoms with Gasteiger partial charge >= 0.3 is 0 Å². The third kappa shape index (κ3) is 3.65. The lowest BCUT2D eigenvalue weighted by Crippen LogP contribution is -2.35. The van der Waals surface area contributed by atoms with E-state index < -0.39 is 5.41 Å². The summed E-state index contributed by atoms with van der Waals surface area (Å²) in [6.07, 6.45) is 1.05. The number of nitrogens with one attached hydrogen (secondary N) is 2. The van der Waals surface area contributed by atoms with E-state index >= 15 is 0 Å². The second kappa shape index (κ2) is 6.70. The summed E-state index contributed by atoms with van der Waals surface area (Å²) in [5.41, 5.74) is 2.31. The highest BCUT2D eigenvalue weighted by molar-refractivity contribution is 6.42. The van der Waals surface area contributed by atoms with E-state index in [-0.39, 0.29) is 11.8 Å². The van der Waals surface area contributed by atoms with Crippen LogP contribution in [0, 0.1) is 19.3 Å². The summed E-state index contributed by atoms with van der Waals surface area (Å²) in [6, 6.07) is 10.6. The molecule has 2 aromatic carbocycles. The maximum absolute atomic E-state index is 12.7. The molecular formula is C19H18Cl2N2O2. The maximum Gasteiger partial charge on any atom is 0.240 e. The molecule has 0 atom stereocenters. The van der Waals surface area contributed by atoms with Crippen molar-refractivity contribution in [3.8, 4) is 0 Å². The van der Waals surface area contributed by atoms with Gasteiger partial charge in [0.1, 0.15) is 5.41 Å². The molecule has 0 unspecified atom stereocenters. The van der Waals surface area contributed by atoms with Crippen LogP contribution in [0.5, 0.6) is 0 Å². The second-order valence-corrected chi connectivity index (χ2v) is 7.25. The smallest absolute Gasteiger partial charge is 0.240 e. The van der Waals surface area contributed by atoms with E-state index in [2.05, 4.69) is 10.6 Å². The van der Waals surface area contributed by atoms with Crippen molar-refractivity contribution in [3.05, 3.63) is 57.6 Å². The highest BCUT2D eigenvalue weighted by Crippen LogP contribution is 2.47. The Morgan fingerprint density at radius 2 is 1.60 bits per heavy atom. The molecule has 0 aliphatic heterocycles. The number of hydrogen-bond donors (Lipinski definition) is 2. The molecule has 4 nitrogen and oxygen atoms in total. The molecule has 2 amide bonds. The Kier molecular flexibility index (Phi) is 4.76. The largest absolute Gasteiger partial charge is 0.325 e. The number of rotatable bonds is 4. The Balaban J connectivity index is 1.73. The van der Waals surface area contributed by atoms with Crippen molar-refractivity contribution in [3.63, 3.8) is 0 Å². The highest BCUT2D eigenvalue weighted by Gasteiger charge is 2.56. The van der Waals surface area contributed by atoms with Gasteiger partial charge in [0.25, 0.3) is 0 Å². The van der Waals surface area contributed by atoms with Gasteiger partial charge in [0.05, 0.1) is 10.0 Å². The molecule has 2 aromatic rings. The van der Waals surface area contributed by atoms with Crippen LogP contribution < -0.4 is 10.6 Å². The minimum Gasteiger partial charge on any atom is -0.325 e. The molecule has 6 heteroatoms. The first-order chi connectivity index (χ1) is 11.8. The van der Waals surface area contributed by atoms with Crippen LogP contribution in [0.3, 0.4) is 0 Å². The Morgan fingerprint density at radius 3 is 2.20 bits per heavy atom. The number of amides is 2. The maximum atomic E-state index is 12.7. The van der Waals surface area contributed by atoms with Crippen molar-refractivity contribution >= 4 is 46.4 Å². The third-order valence-corrected chi connectivity index (χ3v) is 5.17. The van der Waals surface area contributed by atoms with Gasteiger partial charge in [0.2, 0.25) is 11.8 Å². The minimum atomic E-state index is -1.02. The number of aryl methyl sites for hydroxylation is 2. The molecule has 1 saturated carbocycles. The van der Waals surface area contributed by atoms with Gasteiger partial charge in [0, 0.05) is 11.4 Å². The average Bonchev–Trinajstić information content (AvgIpc) is 3.35. The van der Waals surface area contributed by atoms with Crippen LogP contribution in [0.15, 0.2) is 36.4 Å². The molecule has 0 aromatic heterocycles. The lowest BCUT2D eigenvalue weighted by molar-refractivity contribution is -0.131. The third-order valence-electron chi connectivity index (χ3n) is 4.43. The number of benzene rings is 2. The monoisotopic (exact) mass is 376 g/mol. The lowest BCUT2D eigenvalue weighted by Gasteiger charge is -2.17. The number of halogens is 2. The van der Waals surface area contributed by atoms with E-state index in [1.54, 1.807) is 18.2 Å². The first-order valence-electron chi connectivity index (χ1n) is 7.97. The lowest BCUT2D eigenvalue weighted by atomic mass is 10.0. The van der Waals surface area contributed by atoms with Gasteiger partial charge in [-0.1, -0.05) is 40.9 Å². The Hall–Kier alpha value is -2.04. The zero-order valence-electron chi connectivity index (χ0n) is 14.0. The van der Waals surface area contributed by atoms with Crippen LogP contribution in [-0.2, 0) is 9.59 Å². The molecule has 1 fully saturated rings. The Morgan fingerprint density at radius 1 is 0.920 bits per heavy atom. The second-order valence-electron chi connectivity index (χ2n) is 6.44. The van der Waals surface area contributed by atoms with Crippen molar-refractivity contribution in [2.75, 3.05) is 10.6 Å². The van der Waals surface area contributed by atoms with E-state index in [9.17, 15) is 9.59 Å². The SMILES string of the molecule is Cc1ccc(NC(=O)C2(C(=O)Nc3ccc(Cl)c(Cl)c3)CC2)c(C)c1. The van der Waals surface area contributed by atoms with Crippen molar-refractivity contribution in [2.45, 2.75) is 26.7 Å². The summed E-state index contributed by atoms with van der Waals surface area (Å²) in [5, 5.41) is 6.40. The topological polar surface area (TPSA) is 58.2 Å². The van der Waals surface area contributed by atoms with Gasteiger partial charge in [0.15, 0.2) is 0 Å². The summed E-state index contributed by atoms with van der Waals surface area (Å²) < 4.78 is 0. The zero-order valence-corrected chi connectivity index (χ0v) is 15.5. The highest BCUT2D eigenvalue weighted by atomic mass is 35.5. The van der Waals surface area contributed by atoms with E-state index in [1.165, 1.54) is 0 Å². The quantitative estimate of drug-likeness (QED) is 0.740. The van der Waals surface area contributed by atoms with Gasteiger partial charge < -0.3 is 10.6 Å². The van der Waals surface area contributed by atoms with Crippen LogP contribution in [0.1, 0.15) is 24.0 Å². The molecule has 25 heavy (non-hydrogen) atoms. The fraction of sp³-hybridized carbons (Fsp3) is 0.263. The number of anilines is 2. The minimum absolute atomic E-state index is 0.281. The number of carbonyl (C=O) groups excluding carboxylic acids is 2. The summed E-state index contributed by atoms with van der Waals surface area (Å²) in [7, 11) is 0. The summed E-state index contributed by atoms with van der Waals surface area (Å²) in [5.74, 6) is -0.606. The number of hydrogen-bond acceptors (Lipinski definition) is 2. The Labute approximate surface area is 156 Å². The standard InChI is InChI=1S/C19H18Cl2N2O2/c1-11-3-6-16(12(2)9-11)23-18(25)19(7-8-19)17(24)22-13-4-5-14(20)15(21)10-13/h3-6,9-10H,7-8H2,1-2H3,(H,22,24)(H,23,25). The number of carbonyl (C=O) groups is 2. The predicted octanol–water partition coefficient (Wildman–Crippen LogP) is 4.97. The first kappa shape index (κ1) is 17.8. The normalized spacial score (nSPS) is 14.7. The molecule has 3 rings (SSSR count). The molecule has 0 heterocycles. The van der Waals surface area contributed by atoms with Crippen LogP contribution >= 0.6 is 23.2 Å². The van der Waals surface area contributed by atoms with Crippen LogP contribution in [0.2, 0.25) is 10.0 Å². The van der Waals surface area contributed by atoms with Crippen molar-refractivity contribution in [2.24, 2.45) is 5.41 Å². The molecule has 0 radical (unpaired) electrons. The predicted molar refractivity (Wildman–Crippen MR) is 101 cm³/mol. The van der Waals surface area contributed by atoms with Crippen molar-refractivity contribution in [1.29, 1.82) is 0 Å². The van der Waals surface area contributed by atoms with Gasteiger partial charge in [-0.2, -0.15) is 0 Å². The first-order valence-corrected chi connectivity index (χ1v) is 8.73. The van der Waals surface area contributed by atoms with Crippen LogP contribution in [0.25, 0.3) is 0 Å². The van der Waals surface area contributed by atoms with Crippen molar-refractivity contribution in [1.82, 2.24) is 0 Å². The fourth-order valence-corrected chi connectivity index (χ4v) is 3.00. The molecule has 0 saturated heterocycles. The Bertz CT molecular complexity index is 860. The van der Waals surface area contributed by atoms with Crippen LogP contribution in [0.4, 0.5) is 11.4 Å². The molecule has 0 spiro atoms. The zero-order chi connectivity index (χ0) is 18.2. The fourth-order valence-electron chi connectivity index (χ4n) is 2.70. The van der Waals surface area contributed by atoms with Gasteiger partial charge in [-0.25, -0.2) is 0 Å². The van der Waals surface area contributed by atoms with Gasteiger partial charge in [-0.3, -0.25) is 9.59 Å². The summed E-state index contributed by atoms with van der Waals surface area (Å²) in [6.45, 7) is 3.92. The molecule has 0 bridgehead atoms. The summed E-state index contributed by atoms with van der Waals surface area (Å²) in [4.78, 5) is 25.3. The summed E-state index contributed by atoms with van der Waals surface area (Å²) >= 11 is 11.8. The van der Waals surface area contributed by atoms with Gasteiger partial charge in [-0.15, -0.1) is 0 Å². The van der Waals surface area contributed by atoms with E-state index in [0.717, 1.165) is 16.8 Å². The average molecular weight is 377 g/mol. The van der Waals surface area contributed by atoms with Crippen LogP contribution in [-0.4, -0.2) is 11.8 Å². The van der Waals surface area contributed by atoms with E-state index in [4.69, 9.17) is 23.2 Å². The molecular weight excluding hydrogens is 359 g/mol. The molecule has 1 aliphatic carbocycles. The molecule has 1 aliphatic rings. The van der Waals surface area contributed by atoms with Crippen molar-refractivity contribution < 1.29 is 9.59 Å².